The molecule has 0 bridgehead atoms. The van der Waals surface area contributed by atoms with Crippen LogP contribution in [-0.2, 0) is 25.5 Å². The number of esters is 2. The number of benzene rings is 2. The third-order valence-electron chi connectivity index (χ3n) is 6.09. The molecule has 0 spiro atoms. The number of anilines is 2. The number of ether oxygens (including phenoxy) is 3. The van der Waals surface area contributed by atoms with Crippen molar-refractivity contribution in [3.8, 4) is 17.2 Å². The predicted octanol–water partition coefficient (Wildman–Crippen LogP) is 3.05. The fourth-order valence-electron chi connectivity index (χ4n) is 4.39. The molecular formula is C26H27N7O5. The largest absolute Gasteiger partial charge is 0.466 e. The maximum atomic E-state index is 12.9. The molecule has 4 aromatic rings. The number of hydrogen-bond donors (Lipinski definition) is 2. The Labute approximate surface area is 218 Å². The molecule has 2 aromatic heterocycles. The number of aromatic nitrogens is 5. The van der Waals surface area contributed by atoms with E-state index >= 15 is 0 Å². The maximum Gasteiger partial charge on any atom is 0.344 e. The minimum Gasteiger partial charge on any atom is -0.466 e. The molecule has 0 radical (unpaired) electrons. The molecule has 3 heterocycles. The molecule has 0 saturated carbocycles. The van der Waals surface area contributed by atoms with Gasteiger partial charge in [0.15, 0.2) is 12.4 Å². The number of fused-ring (bicyclic) bond motifs is 1. The van der Waals surface area contributed by atoms with Crippen molar-refractivity contribution in [3.63, 3.8) is 0 Å². The lowest BCUT2D eigenvalue weighted by molar-refractivity contribution is -0.144. The van der Waals surface area contributed by atoms with Gasteiger partial charge in [-0.15, -0.1) is 5.10 Å². The quantitative estimate of drug-likeness (QED) is 0.319. The molecule has 1 aliphatic rings. The highest BCUT2D eigenvalue weighted by molar-refractivity contribution is 6.01. The summed E-state index contributed by atoms with van der Waals surface area (Å²) in [5, 5.41) is 17.5. The topological polar surface area (TPSA) is 136 Å². The van der Waals surface area contributed by atoms with E-state index in [4.69, 9.17) is 9.47 Å². The second kappa shape index (κ2) is 10.7. The average molecular weight is 518 g/mol. The molecule has 0 saturated heterocycles. The van der Waals surface area contributed by atoms with Crippen molar-refractivity contribution in [1.82, 2.24) is 25.2 Å². The lowest BCUT2D eigenvalue weighted by Crippen LogP contribution is -2.38. The summed E-state index contributed by atoms with van der Waals surface area (Å²) >= 11 is 0. The Morgan fingerprint density at radius 1 is 1.13 bits per heavy atom. The minimum absolute atomic E-state index is 0.325. The molecule has 0 fully saturated rings. The second-order valence-corrected chi connectivity index (χ2v) is 8.62. The van der Waals surface area contributed by atoms with Gasteiger partial charge in [0.1, 0.15) is 0 Å². The van der Waals surface area contributed by atoms with Crippen LogP contribution < -0.4 is 10.2 Å². The molecule has 0 amide bonds. The highest BCUT2D eigenvalue weighted by atomic mass is 16.6. The van der Waals surface area contributed by atoms with E-state index < -0.39 is 24.9 Å². The number of aromatic amines is 1. The van der Waals surface area contributed by atoms with Crippen LogP contribution in [-0.4, -0.2) is 63.8 Å². The number of H-pyrrole nitrogens is 1. The maximum absolute atomic E-state index is 12.9. The first-order valence-electron chi connectivity index (χ1n) is 12.0. The van der Waals surface area contributed by atoms with Gasteiger partial charge in [0.2, 0.25) is 6.35 Å². The zero-order valence-electron chi connectivity index (χ0n) is 21.2. The monoisotopic (exact) mass is 517 g/mol. The van der Waals surface area contributed by atoms with Crippen LogP contribution >= 0.6 is 0 Å². The Morgan fingerprint density at radius 3 is 2.66 bits per heavy atom. The van der Waals surface area contributed by atoms with E-state index in [2.05, 4.69) is 30.7 Å². The smallest absolute Gasteiger partial charge is 0.344 e. The number of hydrogen-bond acceptors (Lipinski definition) is 10. The fraction of sp³-hybridized carbons (Fsp3) is 0.269. The molecule has 2 N–H and O–H groups in total. The van der Waals surface area contributed by atoms with Gasteiger partial charge < -0.3 is 29.0 Å². The molecule has 1 aliphatic heterocycles. The van der Waals surface area contributed by atoms with Crippen molar-refractivity contribution in [3.05, 3.63) is 71.4 Å². The Kier molecular flexibility index (Phi) is 7.05. The molecule has 5 rings (SSSR count). The van der Waals surface area contributed by atoms with E-state index in [0.29, 0.717) is 30.2 Å². The minimum atomic E-state index is -0.631. The van der Waals surface area contributed by atoms with Gasteiger partial charge in [0, 0.05) is 25.0 Å². The molecule has 0 aliphatic carbocycles. The number of carbonyl (C=O) groups is 2. The molecule has 1 unspecified atom stereocenters. The van der Waals surface area contributed by atoms with Crippen LogP contribution in [0.15, 0.2) is 54.7 Å². The normalized spacial score (nSPS) is 14.2. The van der Waals surface area contributed by atoms with E-state index in [0.717, 1.165) is 28.2 Å². The summed E-state index contributed by atoms with van der Waals surface area (Å²) in [6, 6.07) is 15.4. The van der Waals surface area contributed by atoms with Crippen molar-refractivity contribution in [2.24, 2.45) is 0 Å². The second-order valence-electron chi connectivity index (χ2n) is 8.62. The van der Waals surface area contributed by atoms with Crippen LogP contribution in [0.1, 0.15) is 28.4 Å². The number of nitrogens with one attached hydrogen (secondary N) is 2. The van der Waals surface area contributed by atoms with Gasteiger partial charge in [-0.25, -0.2) is 14.7 Å². The van der Waals surface area contributed by atoms with Gasteiger partial charge >= 0.3 is 11.9 Å². The van der Waals surface area contributed by atoms with Crippen LogP contribution in [0.2, 0.25) is 0 Å². The fourth-order valence-corrected chi connectivity index (χ4v) is 4.39. The Morgan fingerprint density at radius 2 is 1.95 bits per heavy atom. The summed E-state index contributed by atoms with van der Waals surface area (Å²) in [5.41, 5.74) is 5.58. The molecule has 12 heteroatoms. The molecule has 38 heavy (non-hydrogen) atoms. The van der Waals surface area contributed by atoms with Crippen molar-refractivity contribution in [1.29, 1.82) is 0 Å². The van der Waals surface area contributed by atoms with Crippen LogP contribution in [0.5, 0.6) is 0 Å². The number of tetrazole rings is 1. The van der Waals surface area contributed by atoms with E-state index in [9.17, 15) is 9.59 Å². The third kappa shape index (κ3) is 4.93. The molecule has 12 nitrogen and oxygen atoms in total. The zero-order valence-corrected chi connectivity index (χ0v) is 21.2. The van der Waals surface area contributed by atoms with E-state index in [1.807, 2.05) is 65.9 Å². The van der Waals surface area contributed by atoms with Gasteiger partial charge in [-0.1, -0.05) is 18.2 Å². The number of methoxy groups -OCH3 is 1. The number of nitrogens with zero attached hydrogens (tertiary/aromatic N) is 5. The Bertz CT molecular complexity index is 1430. The van der Waals surface area contributed by atoms with Crippen molar-refractivity contribution in [2.45, 2.75) is 26.7 Å². The molecule has 196 valence electrons. The Balaban J connectivity index is 1.42. The summed E-state index contributed by atoms with van der Waals surface area (Å²) in [5.74, 6) is -0.675. The van der Waals surface area contributed by atoms with Gasteiger partial charge in [-0.3, -0.25) is 0 Å². The highest BCUT2D eigenvalue weighted by Crippen LogP contribution is 2.39. The standard InChI is InChI=1S/C26H27N7O5/c1-4-37-26-27-20-7-5-6-19(25(35)38-15-22(34)36-3)23(20)33(26)14-17-8-10-18(11-9-17)32-13-16(2)12-21(32)24-28-30-31-29-24/h5-13,26-27H,4,14-15H2,1-3H3,(H,28,29,30,31). The first-order chi connectivity index (χ1) is 18.5. The number of rotatable bonds is 9. The summed E-state index contributed by atoms with van der Waals surface area (Å²) < 4.78 is 17.7. The Hall–Kier alpha value is -4.71. The van der Waals surface area contributed by atoms with Gasteiger partial charge in [0.25, 0.3) is 0 Å². The van der Waals surface area contributed by atoms with E-state index in [-0.39, 0.29) is 0 Å². The average Bonchev–Trinajstić information content (AvgIpc) is 3.67. The molecule has 1 atom stereocenters. The lowest BCUT2D eigenvalue weighted by Gasteiger charge is -2.27. The molecular weight excluding hydrogens is 490 g/mol. The van der Waals surface area contributed by atoms with E-state index in [1.54, 1.807) is 12.1 Å². The zero-order chi connectivity index (χ0) is 26.6. The number of aryl methyl sites for hydroxylation is 1. The molecule has 2 aromatic carbocycles. The van der Waals surface area contributed by atoms with Crippen molar-refractivity contribution >= 4 is 23.3 Å². The third-order valence-corrected chi connectivity index (χ3v) is 6.09. The predicted molar refractivity (Wildman–Crippen MR) is 138 cm³/mol. The number of carbonyl (C=O) groups excluding carboxylic acids is 2. The number of para-hydroxylation sites is 1. The van der Waals surface area contributed by atoms with Crippen LogP contribution in [0.3, 0.4) is 0 Å². The van der Waals surface area contributed by atoms with Crippen LogP contribution in [0.25, 0.3) is 17.2 Å². The first-order valence-corrected chi connectivity index (χ1v) is 12.0. The van der Waals surface area contributed by atoms with Crippen LogP contribution in [0.4, 0.5) is 11.4 Å². The highest BCUT2D eigenvalue weighted by Gasteiger charge is 2.33. The summed E-state index contributed by atoms with van der Waals surface area (Å²) in [6.07, 6.45) is 1.53. The summed E-state index contributed by atoms with van der Waals surface area (Å²) in [4.78, 5) is 26.3. The SMILES string of the molecule is CCOC1Nc2cccc(C(=O)OCC(=O)OC)c2N1Cc1ccc(-n2cc(C)cc2-c2nnn[nH]2)cc1. The van der Waals surface area contributed by atoms with Gasteiger partial charge in [-0.2, -0.15) is 0 Å². The summed E-state index contributed by atoms with van der Waals surface area (Å²) in [7, 11) is 1.24. The summed E-state index contributed by atoms with van der Waals surface area (Å²) in [6.45, 7) is 4.38. The van der Waals surface area contributed by atoms with Crippen molar-refractivity contribution in [2.75, 3.05) is 30.5 Å². The lowest BCUT2D eigenvalue weighted by atomic mass is 10.1. The van der Waals surface area contributed by atoms with Crippen LogP contribution in [0, 0.1) is 6.92 Å². The first kappa shape index (κ1) is 25.0. The van der Waals surface area contributed by atoms with E-state index in [1.165, 1.54) is 7.11 Å². The van der Waals surface area contributed by atoms with Gasteiger partial charge in [-0.05, 0) is 65.7 Å². The van der Waals surface area contributed by atoms with Crippen molar-refractivity contribution < 1.29 is 23.8 Å². The van der Waals surface area contributed by atoms with Gasteiger partial charge in [0.05, 0.1) is 29.7 Å².